The minimum atomic E-state index is 0.0839. The topological polar surface area (TPSA) is 21.3 Å². The Morgan fingerprint density at radius 3 is 2.50 bits per heavy atom. The summed E-state index contributed by atoms with van der Waals surface area (Å²) in [5.41, 5.74) is 3.62. The first kappa shape index (κ1) is 16.8. The molecule has 0 unspecified atom stereocenters. The van der Waals surface area contributed by atoms with Crippen molar-refractivity contribution in [2.24, 2.45) is 0 Å². The van der Waals surface area contributed by atoms with Gasteiger partial charge in [-0.1, -0.05) is 53.3 Å². The van der Waals surface area contributed by atoms with Gasteiger partial charge in [0, 0.05) is 12.6 Å². The maximum atomic E-state index is 6.00. The van der Waals surface area contributed by atoms with Gasteiger partial charge in [-0.3, -0.25) is 0 Å². The molecule has 0 bridgehead atoms. The van der Waals surface area contributed by atoms with Crippen molar-refractivity contribution in [2.45, 2.75) is 53.0 Å². The van der Waals surface area contributed by atoms with Gasteiger partial charge in [0.05, 0.1) is 0 Å². The highest BCUT2D eigenvalue weighted by atomic mass is 16.5. The number of nitrogens with one attached hydrogen (secondary N) is 1. The monoisotopic (exact) mass is 275 g/mol. The van der Waals surface area contributed by atoms with Crippen LogP contribution in [0, 0.1) is 6.92 Å². The van der Waals surface area contributed by atoms with Crippen LogP contribution in [0.15, 0.2) is 30.4 Å². The number of hydrogen-bond donors (Lipinski definition) is 1. The molecule has 0 aromatic heterocycles. The fraction of sp³-hybridized carbons (Fsp3) is 0.556. The maximum Gasteiger partial charge on any atom is 0.123 e. The summed E-state index contributed by atoms with van der Waals surface area (Å²) in [5, 5.41) is 3.36. The number of rotatable bonds is 6. The first-order valence-corrected chi connectivity index (χ1v) is 7.34. The van der Waals surface area contributed by atoms with Crippen LogP contribution in [-0.2, 0) is 5.41 Å². The fourth-order valence-electron chi connectivity index (χ4n) is 1.95. The lowest BCUT2D eigenvalue weighted by atomic mass is 9.86. The van der Waals surface area contributed by atoms with Crippen LogP contribution in [0.3, 0.4) is 0 Å². The molecule has 0 aliphatic heterocycles. The Morgan fingerprint density at radius 2 is 1.95 bits per heavy atom. The van der Waals surface area contributed by atoms with E-state index in [1.807, 2.05) is 0 Å². The molecule has 1 N–H and O–H groups in total. The van der Waals surface area contributed by atoms with Gasteiger partial charge in [0.1, 0.15) is 12.4 Å². The molecule has 2 heteroatoms. The highest BCUT2D eigenvalue weighted by Gasteiger charge is 2.19. The first-order valence-electron chi connectivity index (χ1n) is 7.34. The zero-order valence-corrected chi connectivity index (χ0v) is 13.8. The van der Waals surface area contributed by atoms with Crippen molar-refractivity contribution >= 4 is 0 Å². The van der Waals surface area contributed by atoms with E-state index >= 15 is 0 Å². The lowest BCUT2D eigenvalue weighted by Crippen LogP contribution is -2.26. The molecule has 1 aromatic rings. The Kier molecular flexibility index (Phi) is 5.82. The van der Waals surface area contributed by atoms with E-state index in [0.29, 0.717) is 12.6 Å². The van der Waals surface area contributed by atoms with Crippen LogP contribution in [0.4, 0.5) is 0 Å². The zero-order chi connectivity index (χ0) is 15.3. The van der Waals surface area contributed by atoms with Gasteiger partial charge < -0.3 is 10.1 Å². The smallest absolute Gasteiger partial charge is 0.123 e. The highest BCUT2D eigenvalue weighted by Crippen LogP contribution is 2.32. The number of ether oxygens (including phenoxy) is 1. The van der Waals surface area contributed by atoms with Crippen LogP contribution < -0.4 is 10.1 Å². The SMILES string of the molecule is C=C(CNC(C)C)COc1cc(C)ccc1C(C)(C)C. The Hall–Kier alpha value is -1.28. The summed E-state index contributed by atoms with van der Waals surface area (Å²) in [6.07, 6.45) is 0. The van der Waals surface area contributed by atoms with Crippen LogP contribution in [-0.4, -0.2) is 19.2 Å². The summed E-state index contributed by atoms with van der Waals surface area (Å²) >= 11 is 0. The van der Waals surface area contributed by atoms with Crippen molar-refractivity contribution in [3.63, 3.8) is 0 Å². The van der Waals surface area contributed by atoms with E-state index in [0.717, 1.165) is 17.9 Å². The van der Waals surface area contributed by atoms with E-state index in [1.54, 1.807) is 0 Å². The minimum Gasteiger partial charge on any atom is -0.489 e. The van der Waals surface area contributed by atoms with Gasteiger partial charge in [0.25, 0.3) is 0 Å². The summed E-state index contributed by atoms with van der Waals surface area (Å²) in [5.74, 6) is 0.975. The largest absolute Gasteiger partial charge is 0.489 e. The average molecular weight is 275 g/mol. The highest BCUT2D eigenvalue weighted by molar-refractivity contribution is 5.41. The van der Waals surface area contributed by atoms with E-state index in [2.05, 4.69) is 71.6 Å². The van der Waals surface area contributed by atoms with Crippen LogP contribution >= 0.6 is 0 Å². The Balaban J connectivity index is 2.72. The van der Waals surface area contributed by atoms with Crippen LogP contribution in [0.2, 0.25) is 0 Å². The van der Waals surface area contributed by atoms with Crippen LogP contribution in [0.1, 0.15) is 45.7 Å². The second-order valence-electron chi connectivity index (χ2n) is 6.82. The van der Waals surface area contributed by atoms with Crippen molar-refractivity contribution in [1.82, 2.24) is 5.32 Å². The zero-order valence-electron chi connectivity index (χ0n) is 13.8. The standard InChI is InChI=1S/C18H29NO/c1-13(2)19-11-15(4)12-20-17-10-14(3)8-9-16(17)18(5,6)7/h8-10,13,19H,4,11-12H2,1-3,5-7H3. The summed E-state index contributed by atoms with van der Waals surface area (Å²) in [7, 11) is 0. The lowest BCUT2D eigenvalue weighted by molar-refractivity contribution is 0.336. The molecule has 0 saturated carbocycles. The number of benzene rings is 1. The minimum absolute atomic E-state index is 0.0839. The van der Waals surface area contributed by atoms with Gasteiger partial charge >= 0.3 is 0 Å². The molecule has 0 aliphatic rings. The van der Waals surface area contributed by atoms with Gasteiger partial charge in [-0.25, -0.2) is 0 Å². The van der Waals surface area contributed by atoms with E-state index in [1.165, 1.54) is 11.1 Å². The Labute approximate surface area is 124 Å². The average Bonchev–Trinajstić information content (AvgIpc) is 2.32. The van der Waals surface area contributed by atoms with Crippen molar-refractivity contribution < 1.29 is 4.74 Å². The molecular formula is C18H29NO. The molecule has 20 heavy (non-hydrogen) atoms. The molecule has 0 heterocycles. The molecule has 0 spiro atoms. The molecule has 0 atom stereocenters. The van der Waals surface area contributed by atoms with Gasteiger partial charge in [-0.05, 0) is 35.1 Å². The molecular weight excluding hydrogens is 246 g/mol. The number of aryl methyl sites for hydroxylation is 1. The van der Waals surface area contributed by atoms with E-state index in [4.69, 9.17) is 4.74 Å². The third kappa shape index (κ3) is 5.38. The molecule has 2 nitrogen and oxygen atoms in total. The maximum absolute atomic E-state index is 6.00. The van der Waals surface area contributed by atoms with Gasteiger partial charge in [0.15, 0.2) is 0 Å². The molecule has 0 amide bonds. The molecule has 1 aromatic carbocycles. The summed E-state index contributed by atoms with van der Waals surface area (Å²) in [6, 6.07) is 6.89. The first-order chi connectivity index (χ1) is 9.20. The third-order valence-corrected chi connectivity index (χ3v) is 3.14. The Morgan fingerprint density at radius 1 is 1.30 bits per heavy atom. The summed E-state index contributed by atoms with van der Waals surface area (Å²) in [6.45, 7) is 18.4. The quantitative estimate of drug-likeness (QED) is 0.785. The van der Waals surface area contributed by atoms with Gasteiger partial charge in [-0.15, -0.1) is 0 Å². The van der Waals surface area contributed by atoms with Gasteiger partial charge in [0.2, 0.25) is 0 Å². The molecule has 0 aliphatic carbocycles. The molecule has 0 saturated heterocycles. The molecule has 0 radical (unpaired) electrons. The second kappa shape index (κ2) is 6.94. The normalized spacial score (nSPS) is 11.8. The number of hydrogen-bond acceptors (Lipinski definition) is 2. The van der Waals surface area contributed by atoms with Crippen molar-refractivity contribution in [3.05, 3.63) is 41.5 Å². The van der Waals surface area contributed by atoms with E-state index in [9.17, 15) is 0 Å². The van der Waals surface area contributed by atoms with E-state index < -0.39 is 0 Å². The van der Waals surface area contributed by atoms with Crippen LogP contribution in [0.25, 0.3) is 0 Å². The van der Waals surface area contributed by atoms with Crippen molar-refractivity contribution in [3.8, 4) is 5.75 Å². The van der Waals surface area contributed by atoms with Crippen molar-refractivity contribution in [1.29, 1.82) is 0 Å². The lowest BCUT2D eigenvalue weighted by Gasteiger charge is -2.23. The third-order valence-electron chi connectivity index (χ3n) is 3.14. The predicted molar refractivity (Wildman–Crippen MR) is 87.7 cm³/mol. The second-order valence-corrected chi connectivity index (χ2v) is 6.82. The van der Waals surface area contributed by atoms with E-state index in [-0.39, 0.29) is 5.41 Å². The Bertz CT molecular complexity index is 455. The predicted octanol–water partition coefficient (Wildman–Crippen LogP) is 4.23. The van der Waals surface area contributed by atoms with Gasteiger partial charge in [-0.2, -0.15) is 0 Å². The van der Waals surface area contributed by atoms with Crippen molar-refractivity contribution in [2.75, 3.05) is 13.2 Å². The molecule has 0 fully saturated rings. The molecule has 1 rings (SSSR count). The van der Waals surface area contributed by atoms with Crippen LogP contribution in [0.5, 0.6) is 5.75 Å². The summed E-state index contributed by atoms with van der Waals surface area (Å²) in [4.78, 5) is 0. The fourth-order valence-corrected chi connectivity index (χ4v) is 1.95. The molecule has 112 valence electrons. The summed E-state index contributed by atoms with van der Waals surface area (Å²) < 4.78 is 6.00.